The van der Waals surface area contributed by atoms with Gasteiger partial charge in [-0.25, -0.2) is 0 Å². The van der Waals surface area contributed by atoms with Gasteiger partial charge in [-0.15, -0.1) is 11.3 Å². The van der Waals surface area contributed by atoms with E-state index in [0.717, 1.165) is 22.3 Å². The Labute approximate surface area is 110 Å². The van der Waals surface area contributed by atoms with Gasteiger partial charge in [0.1, 0.15) is 5.75 Å². The van der Waals surface area contributed by atoms with Crippen LogP contribution in [0.1, 0.15) is 10.4 Å². The summed E-state index contributed by atoms with van der Waals surface area (Å²) >= 11 is 7.49. The molecule has 0 saturated carbocycles. The van der Waals surface area contributed by atoms with Crippen molar-refractivity contribution in [3.05, 3.63) is 45.1 Å². The lowest BCUT2D eigenvalue weighted by atomic mass is 10.2. The van der Waals surface area contributed by atoms with E-state index >= 15 is 0 Å². The van der Waals surface area contributed by atoms with E-state index in [9.17, 15) is 0 Å². The third kappa shape index (κ3) is 3.14. The smallest absolute Gasteiger partial charge is 0.119 e. The molecule has 0 radical (unpaired) electrons. The van der Waals surface area contributed by atoms with Gasteiger partial charge in [0.15, 0.2) is 0 Å². The normalized spacial score (nSPS) is 10.3. The Bertz CT molecular complexity index is 510. The standard InChI is InChI=1S/C13H14ClNOS/c1-9-7-10(16-2)3-5-12(9)15-8-11-4-6-13(14)17-11/h3-7,15H,8H2,1-2H3. The molecule has 0 aliphatic rings. The van der Waals surface area contributed by atoms with E-state index < -0.39 is 0 Å². The highest BCUT2D eigenvalue weighted by molar-refractivity contribution is 7.16. The summed E-state index contributed by atoms with van der Waals surface area (Å²) in [5.74, 6) is 0.882. The maximum Gasteiger partial charge on any atom is 0.119 e. The van der Waals surface area contributed by atoms with E-state index in [4.69, 9.17) is 16.3 Å². The zero-order chi connectivity index (χ0) is 12.3. The molecule has 0 amide bonds. The zero-order valence-electron chi connectivity index (χ0n) is 9.79. The Morgan fingerprint density at radius 1 is 1.29 bits per heavy atom. The van der Waals surface area contributed by atoms with Crippen molar-refractivity contribution in [2.75, 3.05) is 12.4 Å². The van der Waals surface area contributed by atoms with Crippen molar-refractivity contribution in [3.8, 4) is 5.75 Å². The lowest BCUT2D eigenvalue weighted by Gasteiger charge is -2.09. The molecule has 0 spiro atoms. The molecule has 1 aromatic carbocycles. The molecule has 1 heterocycles. The summed E-state index contributed by atoms with van der Waals surface area (Å²) in [4.78, 5) is 1.23. The van der Waals surface area contributed by atoms with Gasteiger partial charge in [0.05, 0.1) is 11.4 Å². The fourth-order valence-corrected chi connectivity index (χ4v) is 2.62. The summed E-state index contributed by atoms with van der Waals surface area (Å²) in [7, 11) is 1.68. The first kappa shape index (κ1) is 12.3. The summed E-state index contributed by atoms with van der Waals surface area (Å²) in [6, 6.07) is 9.97. The van der Waals surface area contributed by atoms with Crippen LogP contribution >= 0.6 is 22.9 Å². The Kier molecular flexibility index (Phi) is 3.92. The van der Waals surface area contributed by atoms with Crippen LogP contribution in [-0.2, 0) is 6.54 Å². The van der Waals surface area contributed by atoms with Crippen LogP contribution in [0.25, 0.3) is 0 Å². The molecule has 1 aromatic heterocycles. The van der Waals surface area contributed by atoms with Crippen LogP contribution in [0.5, 0.6) is 5.75 Å². The Balaban J connectivity index is 2.04. The van der Waals surface area contributed by atoms with Crippen molar-refractivity contribution in [2.24, 2.45) is 0 Å². The van der Waals surface area contributed by atoms with E-state index in [-0.39, 0.29) is 0 Å². The molecule has 0 atom stereocenters. The van der Waals surface area contributed by atoms with Crippen LogP contribution in [0.4, 0.5) is 5.69 Å². The van der Waals surface area contributed by atoms with Crippen LogP contribution in [0.15, 0.2) is 30.3 Å². The number of hydrogen-bond acceptors (Lipinski definition) is 3. The summed E-state index contributed by atoms with van der Waals surface area (Å²) in [5, 5.41) is 3.39. The van der Waals surface area contributed by atoms with Gasteiger partial charge in [0, 0.05) is 17.1 Å². The largest absolute Gasteiger partial charge is 0.497 e. The SMILES string of the molecule is COc1ccc(NCc2ccc(Cl)s2)c(C)c1. The minimum Gasteiger partial charge on any atom is -0.497 e. The number of hydrogen-bond donors (Lipinski definition) is 1. The first-order valence-corrected chi connectivity index (χ1v) is 6.51. The lowest BCUT2D eigenvalue weighted by molar-refractivity contribution is 0.414. The van der Waals surface area contributed by atoms with Crippen molar-refractivity contribution in [1.29, 1.82) is 0 Å². The van der Waals surface area contributed by atoms with Gasteiger partial charge in [0.25, 0.3) is 0 Å². The highest BCUT2D eigenvalue weighted by Gasteiger charge is 2.01. The molecule has 2 nitrogen and oxygen atoms in total. The first-order valence-electron chi connectivity index (χ1n) is 5.32. The second-order valence-electron chi connectivity index (χ2n) is 3.74. The number of halogens is 1. The maximum atomic E-state index is 5.89. The van der Waals surface area contributed by atoms with Gasteiger partial charge in [-0.1, -0.05) is 11.6 Å². The average molecular weight is 268 g/mol. The minimum absolute atomic E-state index is 0.796. The van der Waals surface area contributed by atoms with E-state index in [1.807, 2.05) is 30.3 Å². The predicted octanol–water partition coefficient (Wildman–Crippen LogP) is 4.33. The summed E-state index contributed by atoms with van der Waals surface area (Å²) in [6.07, 6.45) is 0. The Hall–Kier alpha value is -1.19. The van der Waals surface area contributed by atoms with E-state index in [1.165, 1.54) is 10.4 Å². The quantitative estimate of drug-likeness (QED) is 0.890. The Morgan fingerprint density at radius 2 is 2.12 bits per heavy atom. The van der Waals surface area contributed by atoms with Crippen molar-refractivity contribution in [1.82, 2.24) is 0 Å². The molecular weight excluding hydrogens is 254 g/mol. The number of ether oxygens (including phenoxy) is 1. The second kappa shape index (κ2) is 5.43. The topological polar surface area (TPSA) is 21.3 Å². The minimum atomic E-state index is 0.796. The lowest BCUT2D eigenvalue weighted by Crippen LogP contribution is -1.99. The summed E-state index contributed by atoms with van der Waals surface area (Å²) < 4.78 is 6.00. The van der Waals surface area contributed by atoms with Crippen molar-refractivity contribution in [2.45, 2.75) is 13.5 Å². The molecular formula is C13H14ClNOS. The number of aryl methyl sites for hydroxylation is 1. The highest BCUT2D eigenvalue weighted by Crippen LogP contribution is 2.24. The maximum absolute atomic E-state index is 5.89. The molecule has 2 rings (SSSR count). The van der Waals surface area contributed by atoms with Gasteiger partial charge in [-0.05, 0) is 42.8 Å². The van der Waals surface area contributed by atoms with Gasteiger partial charge in [0.2, 0.25) is 0 Å². The molecule has 17 heavy (non-hydrogen) atoms. The van der Waals surface area contributed by atoms with E-state index in [2.05, 4.69) is 12.2 Å². The van der Waals surface area contributed by atoms with Gasteiger partial charge < -0.3 is 10.1 Å². The number of nitrogens with one attached hydrogen (secondary N) is 1. The van der Waals surface area contributed by atoms with Crippen molar-refractivity contribution < 1.29 is 4.74 Å². The molecule has 1 N–H and O–H groups in total. The van der Waals surface area contributed by atoms with Crippen LogP contribution in [0.3, 0.4) is 0 Å². The van der Waals surface area contributed by atoms with Crippen LogP contribution in [0, 0.1) is 6.92 Å². The van der Waals surface area contributed by atoms with Gasteiger partial charge in [-0.2, -0.15) is 0 Å². The fraction of sp³-hybridized carbons (Fsp3) is 0.231. The highest BCUT2D eigenvalue weighted by atomic mass is 35.5. The van der Waals surface area contributed by atoms with Crippen LogP contribution in [0.2, 0.25) is 4.34 Å². The summed E-state index contributed by atoms with van der Waals surface area (Å²) in [5.41, 5.74) is 2.29. The zero-order valence-corrected chi connectivity index (χ0v) is 11.4. The van der Waals surface area contributed by atoms with Gasteiger partial charge in [-0.3, -0.25) is 0 Å². The molecule has 0 aliphatic carbocycles. The van der Waals surface area contributed by atoms with Gasteiger partial charge >= 0.3 is 0 Å². The molecule has 0 fully saturated rings. The van der Waals surface area contributed by atoms with Crippen LogP contribution in [-0.4, -0.2) is 7.11 Å². The predicted molar refractivity (Wildman–Crippen MR) is 74.4 cm³/mol. The second-order valence-corrected chi connectivity index (χ2v) is 5.54. The number of anilines is 1. The summed E-state index contributed by atoms with van der Waals surface area (Å²) in [6.45, 7) is 2.86. The molecule has 0 aliphatic heterocycles. The Morgan fingerprint density at radius 3 is 2.71 bits per heavy atom. The fourth-order valence-electron chi connectivity index (χ4n) is 1.59. The van der Waals surface area contributed by atoms with Crippen molar-refractivity contribution in [3.63, 3.8) is 0 Å². The number of benzene rings is 1. The number of thiophene rings is 1. The number of rotatable bonds is 4. The third-order valence-electron chi connectivity index (χ3n) is 2.52. The van der Waals surface area contributed by atoms with Crippen LogP contribution < -0.4 is 10.1 Å². The van der Waals surface area contributed by atoms with Crippen molar-refractivity contribution >= 4 is 28.6 Å². The first-order chi connectivity index (χ1) is 8.19. The molecule has 90 valence electrons. The average Bonchev–Trinajstić information content (AvgIpc) is 2.73. The molecule has 0 bridgehead atoms. The number of methoxy groups -OCH3 is 1. The molecule has 4 heteroatoms. The van der Waals surface area contributed by atoms with E-state index in [0.29, 0.717) is 0 Å². The van der Waals surface area contributed by atoms with E-state index in [1.54, 1.807) is 18.4 Å². The molecule has 2 aromatic rings. The molecule has 0 saturated heterocycles. The molecule has 0 unspecified atom stereocenters. The monoisotopic (exact) mass is 267 g/mol. The third-order valence-corrected chi connectivity index (χ3v) is 3.75.